The lowest BCUT2D eigenvalue weighted by Crippen LogP contribution is -2.16. The Morgan fingerprint density at radius 1 is 1.12 bits per heavy atom. The van der Waals surface area contributed by atoms with E-state index in [1.54, 1.807) is 0 Å². The van der Waals surface area contributed by atoms with Gasteiger partial charge in [0.2, 0.25) is 5.91 Å². The van der Waals surface area contributed by atoms with E-state index in [1.807, 2.05) is 23.9 Å². The molecule has 170 valence electrons. The number of rotatable bonds is 10. The first-order valence-corrected chi connectivity index (χ1v) is 13.6. The second-order valence-electron chi connectivity index (χ2n) is 7.84. The Kier molecular flexibility index (Phi) is 9.25. The lowest BCUT2D eigenvalue weighted by atomic mass is 10.0. The highest BCUT2D eigenvalue weighted by Crippen LogP contribution is 2.28. The van der Waals surface area contributed by atoms with E-state index >= 15 is 0 Å². The molecule has 0 bridgehead atoms. The van der Waals surface area contributed by atoms with Gasteiger partial charge in [-0.3, -0.25) is 4.79 Å². The van der Waals surface area contributed by atoms with Gasteiger partial charge < -0.3 is 9.88 Å². The standard InChI is InChI=1S/C24H29BrN4OS2/c1-5-29-22(14-31-13-18-8-6-17(4)7-9-18)27-28-24(29)32-15-23(30)26-21-11-10-19(25)12-20(21)16(2)3/h6-12,16H,5,13-15H2,1-4H3,(H,26,30). The first kappa shape index (κ1) is 24.9. The summed E-state index contributed by atoms with van der Waals surface area (Å²) >= 11 is 6.76. The van der Waals surface area contributed by atoms with E-state index in [-0.39, 0.29) is 5.91 Å². The first-order valence-electron chi connectivity index (χ1n) is 10.6. The average molecular weight is 534 g/mol. The number of nitrogens with zero attached hydrogens (tertiary/aromatic N) is 3. The molecule has 0 fully saturated rings. The Labute approximate surface area is 207 Å². The fourth-order valence-corrected chi connectivity index (χ4v) is 5.36. The number of halogens is 1. The quantitative estimate of drug-likeness (QED) is 0.296. The van der Waals surface area contributed by atoms with Gasteiger partial charge in [-0.15, -0.1) is 22.0 Å². The number of nitrogens with one attached hydrogen (secondary N) is 1. The van der Waals surface area contributed by atoms with Crippen LogP contribution < -0.4 is 5.32 Å². The Hall–Kier alpha value is -1.77. The number of aryl methyl sites for hydroxylation is 1. The van der Waals surface area contributed by atoms with Crippen LogP contribution >= 0.6 is 39.5 Å². The third kappa shape index (κ3) is 6.86. The zero-order valence-electron chi connectivity index (χ0n) is 18.9. The number of benzene rings is 2. The minimum absolute atomic E-state index is 0.0415. The van der Waals surface area contributed by atoms with Crippen LogP contribution in [0.25, 0.3) is 0 Å². The topological polar surface area (TPSA) is 59.8 Å². The van der Waals surface area contributed by atoms with Gasteiger partial charge in [-0.1, -0.05) is 71.4 Å². The summed E-state index contributed by atoms with van der Waals surface area (Å²) in [6.07, 6.45) is 0. The third-order valence-corrected chi connectivity index (χ3v) is 7.43. The molecule has 8 heteroatoms. The minimum Gasteiger partial charge on any atom is -0.325 e. The van der Waals surface area contributed by atoms with Crippen molar-refractivity contribution in [3.05, 3.63) is 69.5 Å². The van der Waals surface area contributed by atoms with Crippen molar-refractivity contribution in [2.24, 2.45) is 0 Å². The molecule has 0 aliphatic carbocycles. The summed E-state index contributed by atoms with van der Waals surface area (Å²) in [5.41, 5.74) is 4.56. The zero-order chi connectivity index (χ0) is 23.1. The number of carbonyl (C=O) groups is 1. The lowest BCUT2D eigenvalue weighted by molar-refractivity contribution is -0.113. The maximum absolute atomic E-state index is 12.6. The molecule has 1 N–H and O–H groups in total. The van der Waals surface area contributed by atoms with Crippen LogP contribution in [0, 0.1) is 6.92 Å². The molecule has 0 saturated carbocycles. The number of amides is 1. The summed E-state index contributed by atoms with van der Waals surface area (Å²) in [6, 6.07) is 14.6. The van der Waals surface area contributed by atoms with Crippen molar-refractivity contribution in [2.45, 2.75) is 56.8 Å². The summed E-state index contributed by atoms with van der Waals surface area (Å²) in [6.45, 7) is 9.20. The molecule has 1 amide bonds. The van der Waals surface area contributed by atoms with Crippen LogP contribution in [0.5, 0.6) is 0 Å². The van der Waals surface area contributed by atoms with Gasteiger partial charge in [0, 0.05) is 22.5 Å². The molecule has 0 aliphatic rings. The van der Waals surface area contributed by atoms with Crippen LogP contribution in [-0.2, 0) is 22.8 Å². The molecule has 3 rings (SSSR count). The second-order valence-corrected chi connectivity index (χ2v) is 10.7. The number of hydrogen-bond acceptors (Lipinski definition) is 5. The van der Waals surface area contributed by atoms with Crippen molar-refractivity contribution in [3.8, 4) is 0 Å². The lowest BCUT2D eigenvalue weighted by Gasteiger charge is -2.14. The predicted octanol–water partition coefficient (Wildman–Crippen LogP) is 6.66. The van der Waals surface area contributed by atoms with Crippen molar-refractivity contribution in [3.63, 3.8) is 0 Å². The first-order chi connectivity index (χ1) is 15.4. The Balaban J connectivity index is 1.55. The molecular formula is C24H29BrN4OS2. The van der Waals surface area contributed by atoms with Crippen LogP contribution in [0.3, 0.4) is 0 Å². The summed E-state index contributed by atoms with van der Waals surface area (Å²) in [5.74, 6) is 3.24. The molecule has 0 radical (unpaired) electrons. The molecule has 0 atom stereocenters. The molecular weight excluding hydrogens is 504 g/mol. The molecule has 32 heavy (non-hydrogen) atoms. The van der Waals surface area contributed by atoms with Gasteiger partial charge in [-0.05, 0) is 49.1 Å². The van der Waals surface area contributed by atoms with Gasteiger partial charge >= 0.3 is 0 Å². The van der Waals surface area contributed by atoms with E-state index in [0.717, 1.165) is 44.8 Å². The maximum Gasteiger partial charge on any atom is 0.234 e. The van der Waals surface area contributed by atoms with E-state index < -0.39 is 0 Å². The highest BCUT2D eigenvalue weighted by molar-refractivity contribution is 9.10. The molecule has 1 aromatic heterocycles. The van der Waals surface area contributed by atoms with E-state index in [4.69, 9.17) is 0 Å². The van der Waals surface area contributed by atoms with Gasteiger partial charge in [0.05, 0.1) is 11.5 Å². The second kappa shape index (κ2) is 11.9. The van der Waals surface area contributed by atoms with Crippen LogP contribution in [0.15, 0.2) is 52.1 Å². The minimum atomic E-state index is -0.0415. The van der Waals surface area contributed by atoms with Gasteiger partial charge in [-0.2, -0.15) is 0 Å². The van der Waals surface area contributed by atoms with Crippen molar-refractivity contribution in [1.29, 1.82) is 0 Å². The maximum atomic E-state index is 12.6. The molecule has 0 saturated heterocycles. The smallest absolute Gasteiger partial charge is 0.234 e. The average Bonchev–Trinajstić information content (AvgIpc) is 3.16. The summed E-state index contributed by atoms with van der Waals surface area (Å²) in [4.78, 5) is 12.6. The predicted molar refractivity (Wildman–Crippen MR) is 139 cm³/mol. The molecule has 5 nitrogen and oxygen atoms in total. The Morgan fingerprint density at radius 2 is 1.88 bits per heavy atom. The number of carbonyl (C=O) groups excluding carboxylic acids is 1. The van der Waals surface area contributed by atoms with E-state index in [1.165, 1.54) is 22.9 Å². The molecule has 0 unspecified atom stereocenters. The summed E-state index contributed by atoms with van der Waals surface area (Å²) in [5, 5.41) is 12.5. The number of thioether (sulfide) groups is 2. The number of hydrogen-bond donors (Lipinski definition) is 1. The highest BCUT2D eigenvalue weighted by Gasteiger charge is 2.15. The number of aromatic nitrogens is 3. The van der Waals surface area contributed by atoms with Crippen molar-refractivity contribution < 1.29 is 4.79 Å². The normalized spacial score (nSPS) is 11.2. The number of anilines is 1. The Bertz CT molecular complexity index is 1050. The van der Waals surface area contributed by atoms with Gasteiger partial charge in [-0.25, -0.2) is 0 Å². The SMILES string of the molecule is CCn1c(CSCc2ccc(C)cc2)nnc1SCC(=O)Nc1ccc(Br)cc1C(C)C. The van der Waals surface area contributed by atoms with Gasteiger partial charge in [0.15, 0.2) is 5.16 Å². The fraction of sp³-hybridized carbons (Fsp3) is 0.375. The molecule has 0 spiro atoms. The van der Waals surface area contributed by atoms with Crippen LogP contribution in [-0.4, -0.2) is 26.4 Å². The van der Waals surface area contributed by atoms with Crippen LogP contribution in [0.4, 0.5) is 5.69 Å². The Morgan fingerprint density at radius 3 is 2.56 bits per heavy atom. The zero-order valence-corrected chi connectivity index (χ0v) is 22.1. The van der Waals surface area contributed by atoms with Crippen LogP contribution in [0.1, 0.15) is 49.2 Å². The monoisotopic (exact) mass is 532 g/mol. The van der Waals surface area contributed by atoms with Gasteiger partial charge in [0.1, 0.15) is 5.82 Å². The van der Waals surface area contributed by atoms with E-state index in [0.29, 0.717) is 11.7 Å². The van der Waals surface area contributed by atoms with Crippen molar-refractivity contribution in [2.75, 3.05) is 11.1 Å². The molecule has 1 heterocycles. The third-order valence-electron chi connectivity index (χ3n) is 4.97. The van der Waals surface area contributed by atoms with Gasteiger partial charge in [0.25, 0.3) is 0 Å². The molecule has 2 aromatic carbocycles. The summed E-state index contributed by atoms with van der Waals surface area (Å²) < 4.78 is 3.11. The molecule has 0 aliphatic heterocycles. The van der Waals surface area contributed by atoms with Crippen molar-refractivity contribution >= 4 is 51.0 Å². The largest absolute Gasteiger partial charge is 0.325 e. The van der Waals surface area contributed by atoms with E-state index in [2.05, 4.69) is 94.0 Å². The van der Waals surface area contributed by atoms with E-state index in [9.17, 15) is 4.79 Å². The molecule has 3 aromatic rings. The van der Waals surface area contributed by atoms with Crippen LogP contribution in [0.2, 0.25) is 0 Å². The summed E-state index contributed by atoms with van der Waals surface area (Å²) in [7, 11) is 0. The fourth-order valence-electron chi connectivity index (χ4n) is 3.24. The highest BCUT2D eigenvalue weighted by atomic mass is 79.9. The van der Waals surface area contributed by atoms with Crippen molar-refractivity contribution in [1.82, 2.24) is 14.8 Å².